The Morgan fingerprint density at radius 3 is 2.72 bits per heavy atom. The SMILES string of the molecule is O=C(NC12CC(c3nnc([C@H]4C[C@@H](OC(F)(F)F)C4)o3)(C1)C2)c1cc2ccc(Cl)n2cn1. The Morgan fingerprint density at radius 2 is 2.00 bits per heavy atom. The van der Waals surface area contributed by atoms with E-state index in [2.05, 4.69) is 25.2 Å². The number of aromatic nitrogens is 4. The quantitative estimate of drug-likeness (QED) is 0.614. The Kier molecular flexibility index (Phi) is 4.02. The smallest absolute Gasteiger partial charge is 0.424 e. The monoisotopic (exact) mass is 467 g/mol. The maximum atomic E-state index is 12.7. The second-order valence-electron chi connectivity index (χ2n) is 9.07. The molecule has 0 aromatic carbocycles. The maximum Gasteiger partial charge on any atom is 0.522 e. The first-order valence-electron chi connectivity index (χ1n) is 10.2. The molecule has 7 rings (SSSR count). The molecule has 2 bridgehead atoms. The number of carbonyl (C=O) groups excluding carboxylic acids is 1. The van der Waals surface area contributed by atoms with E-state index in [-0.39, 0.29) is 35.6 Å². The zero-order valence-electron chi connectivity index (χ0n) is 16.5. The molecule has 168 valence electrons. The van der Waals surface area contributed by atoms with Crippen LogP contribution in [0.25, 0.3) is 5.52 Å². The minimum Gasteiger partial charge on any atom is -0.424 e. The molecule has 4 aliphatic carbocycles. The number of nitrogens with one attached hydrogen (secondary N) is 1. The van der Waals surface area contributed by atoms with Gasteiger partial charge in [-0.2, -0.15) is 0 Å². The van der Waals surface area contributed by atoms with E-state index in [0.717, 1.165) is 5.52 Å². The third kappa shape index (κ3) is 3.09. The average Bonchev–Trinajstić information content (AvgIpc) is 3.25. The predicted molar refractivity (Wildman–Crippen MR) is 103 cm³/mol. The van der Waals surface area contributed by atoms with Gasteiger partial charge in [-0.15, -0.1) is 23.4 Å². The third-order valence-corrected chi connectivity index (χ3v) is 7.09. The maximum absolute atomic E-state index is 12.7. The zero-order valence-corrected chi connectivity index (χ0v) is 17.3. The van der Waals surface area contributed by atoms with Gasteiger partial charge in [-0.1, -0.05) is 11.6 Å². The summed E-state index contributed by atoms with van der Waals surface area (Å²) >= 11 is 6.04. The van der Waals surface area contributed by atoms with E-state index in [4.69, 9.17) is 16.0 Å². The van der Waals surface area contributed by atoms with Crippen molar-refractivity contribution in [3.8, 4) is 0 Å². The second-order valence-corrected chi connectivity index (χ2v) is 9.46. The van der Waals surface area contributed by atoms with Crippen LogP contribution in [-0.2, 0) is 10.2 Å². The molecular formula is C20H17ClF3N5O3. The molecule has 3 heterocycles. The van der Waals surface area contributed by atoms with Crippen LogP contribution in [0.5, 0.6) is 0 Å². The number of nitrogens with zero attached hydrogens (tertiary/aromatic N) is 4. The summed E-state index contributed by atoms with van der Waals surface area (Å²) in [6.45, 7) is 0. The van der Waals surface area contributed by atoms with Crippen molar-refractivity contribution in [1.82, 2.24) is 24.9 Å². The van der Waals surface area contributed by atoms with E-state index in [1.807, 2.05) is 6.07 Å². The number of alkyl halides is 3. The molecule has 0 aliphatic heterocycles. The van der Waals surface area contributed by atoms with Gasteiger partial charge in [0.25, 0.3) is 5.91 Å². The van der Waals surface area contributed by atoms with Gasteiger partial charge >= 0.3 is 6.36 Å². The van der Waals surface area contributed by atoms with Crippen LogP contribution in [0.15, 0.2) is 28.9 Å². The lowest BCUT2D eigenvalue weighted by Crippen LogP contribution is -2.76. The molecule has 0 atom stereocenters. The first kappa shape index (κ1) is 20.0. The van der Waals surface area contributed by atoms with Crippen molar-refractivity contribution in [2.45, 2.75) is 61.4 Å². The lowest BCUT2D eigenvalue weighted by atomic mass is 9.39. The predicted octanol–water partition coefficient (Wildman–Crippen LogP) is 3.76. The molecule has 1 amide bonds. The van der Waals surface area contributed by atoms with Crippen LogP contribution in [0.2, 0.25) is 5.15 Å². The number of ether oxygens (including phenoxy) is 1. The fourth-order valence-electron chi connectivity index (χ4n) is 5.22. The van der Waals surface area contributed by atoms with Crippen molar-refractivity contribution < 1.29 is 27.1 Å². The van der Waals surface area contributed by atoms with E-state index < -0.39 is 12.5 Å². The van der Waals surface area contributed by atoms with E-state index in [1.165, 1.54) is 6.33 Å². The second kappa shape index (κ2) is 6.44. The van der Waals surface area contributed by atoms with Gasteiger partial charge in [-0.3, -0.25) is 13.9 Å². The molecule has 1 N–H and O–H groups in total. The summed E-state index contributed by atoms with van der Waals surface area (Å²) in [5.41, 5.74) is 0.505. The lowest BCUT2D eigenvalue weighted by molar-refractivity contribution is -0.352. The molecule has 0 unspecified atom stereocenters. The summed E-state index contributed by atoms with van der Waals surface area (Å²) in [5.74, 6) is 0.377. The summed E-state index contributed by atoms with van der Waals surface area (Å²) in [4.78, 5) is 16.9. The van der Waals surface area contributed by atoms with Gasteiger partial charge in [0.1, 0.15) is 17.2 Å². The Hall–Kier alpha value is -2.66. The number of fused-ring (bicyclic) bond motifs is 1. The highest BCUT2D eigenvalue weighted by atomic mass is 35.5. The minimum atomic E-state index is -4.63. The largest absolute Gasteiger partial charge is 0.522 e. The molecule has 4 saturated carbocycles. The number of rotatable bonds is 5. The van der Waals surface area contributed by atoms with Gasteiger partial charge in [-0.25, -0.2) is 4.98 Å². The summed E-state index contributed by atoms with van der Waals surface area (Å²) in [7, 11) is 0. The summed E-state index contributed by atoms with van der Waals surface area (Å²) < 4.78 is 48.3. The molecule has 0 saturated heterocycles. The number of hydrogen-bond acceptors (Lipinski definition) is 6. The van der Waals surface area contributed by atoms with Crippen molar-refractivity contribution >= 4 is 23.0 Å². The minimum absolute atomic E-state index is 0.207. The lowest BCUT2D eigenvalue weighted by Gasteiger charge is -2.68. The van der Waals surface area contributed by atoms with Crippen molar-refractivity contribution in [1.29, 1.82) is 0 Å². The topological polar surface area (TPSA) is 94.5 Å². The van der Waals surface area contributed by atoms with Crippen LogP contribution < -0.4 is 5.32 Å². The number of halogens is 4. The van der Waals surface area contributed by atoms with Crippen LogP contribution in [0.3, 0.4) is 0 Å². The van der Waals surface area contributed by atoms with E-state index in [9.17, 15) is 18.0 Å². The van der Waals surface area contributed by atoms with Crippen LogP contribution in [0.4, 0.5) is 13.2 Å². The molecule has 3 aromatic heterocycles. The number of amides is 1. The van der Waals surface area contributed by atoms with Crippen LogP contribution >= 0.6 is 11.6 Å². The molecule has 0 spiro atoms. The number of carbonyl (C=O) groups is 1. The highest BCUT2D eigenvalue weighted by molar-refractivity contribution is 6.30. The molecule has 32 heavy (non-hydrogen) atoms. The van der Waals surface area contributed by atoms with Crippen molar-refractivity contribution in [2.75, 3.05) is 0 Å². The first-order chi connectivity index (χ1) is 15.1. The van der Waals surface area contributed by atoms with E-state index in [1.54, 1.807) is 16.5 Å². The normalized spacial score (nSPS) is 31.0. The van der Waals surface area contributed by atoms with Crippen LogP contribution in [0.1, 0.15) is 60.3 Å². The van der Waals surface area contributed by atoms with E-state index in [0.29, 0.717) is 41.9 Å². The first-order valence-corrected chi connectivity index (χ1v) is 10.6. The summed E-state index contributed by atoms with van der Waals surface area (Å²) in [6.07, 6.45) is -1.53. The van der Waals surface area contributed by atoms with Crippen LogP contribution in [0, 0.1) is 0 Å². The molecule has 3 aromatic rings. The summed E-state index contributed by atoms with van der Waals surface area (Å²) in [5, 5.41) is 11.8. The molecule has 4 aliphatic rings. The van der Waals surface area contributed by atoms with Gasteiger partial charge in [0.2, 0.25) is 11.8 Å². The Morgan fingerprint density at radius 1 is 1.25 bits per heavy atom. The Bertz CT molecular complexity index is 1210. The van der Waals surface area contributed by atoms with E-state index >= 15 is 0 Å². The summed E-state index contributed by atoms with van der Waals surface area (Å²) in [6, 6.07) is 5.22. The van der Waals surface area contributed by atoms with Gasteiger partial charge < -0.3 is 9.73 Å². The van der Waals surface area contributed by atoms with Gasteiger partial charge in [0.05, 0.1) is 17.0 Å². The molecule has 8 nitrogen and oxygen atoms in total. The van der Waals surface area contributed by atoms with Crippen molar-refractivity contribution in [3.05, 3.63) is 47.2 Å². The van der Waals surface area contributed by atoms with Gasteiger partial charge in [-0.05, 0) is 50.3 Å². The molecule has 4 fully saturated rings. The Balaban J connectivity index is 1.06. The van der Waals surface area contributed by atoms with Gasteiger partial charge in [0, 0.05) is 11.5 Å². The van der Waals surface area contributed by atoms with Crippen LogP contribution in [-0.4, -0.2) is 43.5 Å². The van der Waals surface area contributed by atoms with Gasteiger partial charge in [0.15, 0.2) is 0 Å². The molecular weight excluding hydrogens is 451 g/mol. The fraction of sp³-hybridized carbons (Fsp3) is 0.500. The highest BCUT2D eigenvalue weighted by Crippen LogP contribution is 2.67. The van der Waals surface area contributed by atoms with Crippen molar-refractivity contribution in [3.63, 3.8) is 0 Å². The third-order valence-electron chi connectivity index (χ3n) is 6.78. The number of hydrogen-bond donors (Lipinski definition) is 1. The van der Waals surface area contributed by atoms with Crippen molar-refractivity contribution in [2.24, 2.45) is 0 Å². The molecule has 12 heteroatoms. The average molecular weight is 468 g/mol. The molecule has 0 radical (unpaired) electrons. The zero-order chi connectivity index (χ0) is 22.3. The standard InChI is InChI=1S/C20H17ClF3N5O3/c21-14-2-1-11-5-13(25-9-29(11)14)15(30)26-19-6-18(7-19,8-19)17-28-27-16(31-17)10-3-12(4-10)32-20(22,23)24/h1-2,5,9-10,12H,3-4,6-8H2,(H,26,30)/t10-,12+,18?,19?. The fourth-order valence-corrected chi connectivity index (χ4v) is 5.42. The Labute approximate surface area is 184 Å². The highest BCUT2D eigenvalue weighted by Gasteiger charge is 2.72.